The summed E-state index contributed by atoms with van der Waals surface area (Å²) in [5.74, 6) is -3.62. The highest BCUT2D eigenvalue weighted by molar-refractivity contribution is 6.51. The molecule has 41 heavy (non-hydrogen) atoms. The number of likely N-dealkylation sites (tertiary alicyclic amines) is 1. The van der Waals surface area contributed by atoms with Gasteiger partial charge in [-0.25, -0.2) is 4.79 Å². The van der Waals surface area contributed by atoms with Gasteiger partial charge in [0.25, 0.3) is 5.91 Å². The number of carbonyl (C=O) groups excluding carboxylic acids is 5. The first-order valence-corrected chi connectivity index (χ1v) is 15.1. The molecule has 5 atom stereocenters. The van der Waals surface area contributed by atoms with Crippen LogP contribution in [0.15, 0.2) is 25.3 Å². The van der Waals surface area contributed by atoms with Crippen LogP contribution in [-0.2, 0) is 19.2 Å². The summed E-state index contributed by atoms with van der Waals surface area (Å²) in [6.07, 6.45) is 8.05. The Morgan fingerprint density at radius 2 is 1.68 bits per heavy atom. The molecule has 0 radical (unpaired) electrons. The van der Waals surface area contributed by atoms with Crippen LogP contribution in [0.4, 0.5) is 4.79 Å². The Labute approximate surface area is 252 Å². The van der Waals surface area contributed by atoms with Crippen molar-refractivity contribution < 1.29 is 24.0 Å². The number of fused-ring (bicyclic) bond motifs is 1. The average Bonchev–Trinajstić information content (AvgIpc) is 3.23. The molecular formula is C29H43Cl2N5O5. The Hall–Kier alpha value is -2.59. The number of alkyl halides is 2. The SMILES string of the molecule is C=CCCC(NC(=O)[C@@H]1C2C(CN1C(=O)C(NC(=O)NC(C)(C)C)C1CCCCC1)C2(Cl)Cl)C(=O)C(=O)NCC=C. The van der Waals surface area contributed by atoms with E-state index in [1.807, 2.05) is 20.8 Å². The molecule has 3 aliphatic rings. The van der Waals surface area contributed by atoms with E-state index in [1.54, 1.807) is 6.08 Å². The minimum atomic E-state index is -1.20. The lowest BCUT2D eigenvalue weighted by Gasteiger charge is -2.37. The van der Waals surface area contributed by atoms with Gasteiger partial charge in [0.15, 0.2) is 0 Å². The van der Waals surface area contributed by atoms with Gasteiger partial charge in [-0.2, -0.15) is 0 Å². The van der Waals surface area contributed by atoms with Gasteiger partial charge in [-0.3, -0.25) is 19.2 Å². The molecule has 10 nitrogen and oxygen atoms in total. The molecule has 5 amide bonds. The maximum atomic E-state index is 14.1. The maximum absolute atomic E-state index is 14.1. The third-order valence-electron chi connectivity index (χ3n) is 7.97. The summed E-state index contributed by atoms with van der Waals surface area (Å²) in [6.45, 7) is 13.0. The number of urea groups is 1. The number of amides is 5. The fourth-order valence-corrected chi connectivity index (χ4v) is 6.73. The molecule has 3 fully saturated rings. The summed E-state index contributed by atoms with van der Waals surface area (Å²) in [5.41, 5.74) is -0.510. The minimum Gasteiger partial charge on any atom is -0.346 e. The van der Waals surface area contributed by atoms with Crippen molar-refractivity contribution >= 4 is 52.7 Å². The molecule has 0 aromatic rings. The van der Waals surface area contributed by atoms with Crippen LogP contribution in [0, 0.1) is 17.8 Å². The van der Waals surface area contributed by atoms with Crippen molar-refractivity contribution in [1.29, 1.82) is 0 Å². The van der Waals surface area contributed by atoms with E-state index in [0.29, 0.717) is 6.42 Å². The molecule has 2 aliphatic carbocycles. The highest BCUT2D eigenvalue weighted by atomic mass is 35.5. The summed E-state index contributed by atoms with van der Waals surface area (Å²) in [7, 11) is 0. The fraction of sp³-hybridized carbons (Fsp3) is 0.690. The third-order valence-corrected chi connectivity index (χ3v) is 9.03. The Morgan fingerprint density at radius 3 is 2.27 bits per heavy atom. The first kappa shape index (κ1) is 32.9. The van der Waals surface area contributed by atoms with Crippen LogP contribution in [0.5, 0.6) is 0 Å². The zero-order valence-electron chi connectivity index (χ0n) is 24.1. The van der Waals surface area contributed by atoms with Crippen LogP contribution in [-0.4, -0.2) is 75.5 Å². The largest absolute Gasteiger partial charge is 0.346 e. The Bertz CT molecular complexity index is 1050. The first-order chi connectivity index (χ1) is 19.2. The van der Waals surface area contributed by atoms with Crippen molar-refractivity contribution in [3.05, 3.63) is 25.3 Å². The molecule has 228 valence electrons. The lowest BCUT2D eigenvalue weighted by Crippen LogP contribution is -2.61. The number of halogens is 2. The van der Waals surface area contributed by atoms with Crippen molar-refractivity contribution in [2.75, 3.05) is 13.1 Å². The van der Waals surface area contributed by atoms with E-state index in [0.717, 1.165) is 32.1 Å². The summed E-state index contributed by atoms with van der Waals surface area (Å²) in [4.78, 5) is 67.5. The highest BCUT2D eigenvalue weighted by Gasteiger charge is 2.74. The molecule has 2 saturated carbocycles. The van der Waals surface area contributed by atoms with Crippen LogP contribution in [0.25, 0.3) is 0 Å². The molecule has 0 aromatic carbocycles. The molecule has 4 unspecified atom stereocenters. The zero-order valence-corrected chi connectivity index (χ0v) is 25.7. The molecule has 0 aromatic heterocycles. The van der Waals surface area contributed by atoms with Crippen molar-refractivity contribution in [2.45, 2.75) is 93.7 Å². The zero-order chi connectivity index (χ0) is 30.5. The molecule has 1 aliphatic heterocycles. The smallest absolute Gasteiger partial charge is 0.315 e. The summed E-state index contributed by atoms with van der Waals surface area (Å²) in [6, 6.07) is -3.49. The second-order valence-electron chi connectivity index (χ2n) is 12.3. The number of allylic oxidation sites excluding steroid dienone is 1. The van der Waals surface area contributed by atoms with Gasteiger partial charge >= 0.3 is 6.03 Å². The quantitative estimate of drug-likeness (QED) is 0.153. The normalized spacial score (nSPS) is 24.7. The number of Topliss-reactive ketones (excluding diaryl/α,β-unsaturated/α-hetero) is 1. The van der Waals surface area contributed by atoms with Crippen LogP contribution in [0.2, 0.25) is 0 Å². The second kappa shape index (κ2) is 13.6. The third kappa shape index (κ3) is 8.03. The molecular weight excluding hydrogens is 569 g/mol. The van der Waals surface area contributed by atoms with Crippen molar-refractivity contribution in [2.24, 2.45) is 17.8 Å². The Morgan fingerprint density at radius 1 is 1.02 bits per heavy atom. The monoisotopic (exact) mass is 611 g/mol. The Balaban J connectivity index is 1.85. The average molecular weight is 613 g/mol. The number of rotatable bonds is 12. The van der Waals surface area contributed by atoms with E-state index >= 15 is 0 Å². The van der Waals surface area contributed by atoms with Crippen LogP contribution >= 0.6 is 23.2 Å². The van der Waals surface area contributed by atoms with Crippen LogP contribution in [0.3, 0.4) is 0 Å². The van der Waals surface area contributed by atoms with Gasteiger partial charge in [0.1, 0.15) is 16.4 Å². The number of ketones is 1. The highest BCUT2D eigenvalue weighted by Crippen LogP contribution is 2.65. The minimum absolute atomic E-state index is 0.0881. The number of hydrogen-bond acceptors (Lipinski definition) is 5. The van der Waals surface area contributed by atoms with Gasteiger partial charge in [-0.05, 0) is 52.4 Å². The molecule has 1 heterocycles. The van der Waals surface area contributed by atoms with Gasteiger partial charge < -0.3 is 26.2 Å². The predicted octanol–water partition coefficient (Wildman–Crippen LogP) is 2.99. The van der Waals surface area contributed by atoms with E-state index in [4.69, 9.17) is 23.2 Å². The van der Waals surface area contributed by atoms with Crippen molar-refractivity contribution in [3.8, 4) is 0 Å². The number of piperidine rings is 1. The molecule has 4 N–H and O–H groups in total. The van der Waals surface area contributed by atoms with Gasteiger partial charge in [-0.15, -0.1) is 36.4 Å². The second-order valence-corrected chi connectivity index (χ2v) is 13.7. The van der Waals surface area contributed by atoms with E-state index in [2.05, 4.69) is 34.4 Å². The molecule has 3 rings (SSSR count). The summed E-state index contributed by atoms with van der Waals surface area (Å²) < 4.78 is -1.20. The van der Waals surface area contributed by atoms with Gasteiger partial charge in [0.05, 0.1) is 6.04 Å². The summed E-state index contributed by atoms with van der Waals surface area (Å²) >= 11 is 13.0. The van der Waals surface area contributed by atoms with E-state index in [1.165, 1.54) is 11.0 Å². The van der Waals surface area contributed by atoms with Gasteiger partial charge in [-0.1, -0.05) is 31.4 Å². The van der Waals surface area contributed by atoms with Gasteiger partial charge in [0.2, 0.25) is 17.6 Å². The number of carbonyl (C=O) groups is 5. The number of nitrogens with one attached hydrogen (secondary N) is 4. The van der Waals surface area contributed by atoms with E-state index in [-0.39, 0.29) is 37.3 Å². The lowest BCUT2D eigenvalue weighted by atomic mass is 9.83. The predicted molar refractivity (Wildman–Crippen MR) is 158 cm³/mol. The molecule has 12 heteroatoms. The molecule has 0 bridgehead atoms. The van der Waals surface area contributed by atoms with Crippen molar-refractivity contribution in [3.63, 3.8) is 0 Å². The van der Waals surface area contributed by atoms with Crippen molar-refractivity contribution in [1.82, 2.24) is 26.2 Å². The number of hydrogen-bond donors (Lipinski definition) is 4. The standard InChI is InChI=1S/C29H43Cl2N5O5/c1-6-8-14-19(23(37)25(39)32-15-7-2)33-24(38)22-20-18(29(20,30)31)16-36(22)26(40)21(17-12-10-9-11-13-17)34-27(41)35-28(3,4)5/h6-7,17-22H,1-2,8-16H2,3-5H3,(H,32,39)(H,33,38)(H2,34,35,41)/t18?,19?,20?,21?,22-/m0/s1. The topological polar surface area (TPSA) is 137 Å². The summed E-state index contributed by atoms with van der Waals surface area (Å²) in [5, 5.41) is 10.9. The molecule has 1 saturated heterocycles. The molecule has 0 spiro atoms. The number of nitrogens with zero attached hydrogens (tertiary/aromatic N) is 1. The van der Waals surface area contributed by atoms with Crippen LogP contribution < -0.4 is 21.3 Å². The maximum Gasteiger partial charge on any atom is 0.315 e. The first-order valence-electron chi connectivity index (χ1n) is 14.3. The van der Waals surface area contributed by atoms with Crippen LogP contribution in [0.1, 0.15) is 65.7 Å². The van der Waals surface area contributed by atoms with E-state index in [9.17, 15) is 24.0 Å². The Kier molecular flexibility index (Phi) is 10.9. The lowest BCUT2D eigenvalue weighted by molar-refractivity contribution is -0.144. The van der Waals surface area contributed by atoms with Gasteiger partial charge in [0, 0.05) is 30.5 Å². The van der Waals surface area contributed by atoms with E-state index < -0.39 is 57.5 Å². The fourth-order valence-electron chi connectivity index (χ4n) is 5.90.